The molecule has 0 aliphatic carbocycles. The number of aryl methyl sites for hydroxylation is 1. The molecule has 1 atom stereocenters. The number of halogens is 1. The number of hydrogen-bond donors (Lipinski definition) is 0. The van der Waals surface area contributed by atoms with E-state index in [1.165, 1.54) is 0 Å². The summed E-state index contributed by atoms with van der Waals surface area (Å²) < 4.78 is 8.83. The van der Waals surface area contributed by atoms with Gasteiger partial charge in [0.2, 0.25) is 5.82 Å². The van der Waals surface area contributed by atoms with E-state index in [1.54, 1.807) is 6.20 Å². The molecule has 0 radical (unpaired) electrons. The van der Waals surface area contributed by atoms with Crippen LogP contribution in [0.4, 0.5) is 0 Å². The molecule has 7 nitrogen and oxygen atoms in total. The largest absolute Gasteiger partial charge is 0.361 e. The van der Waals surface area contributed by atoms with Crippen LogP contribution in [0.2, 0.25) is 25.7 Å². The van der Waals surface area contributed by atoms with Gasteiger partial charge in [0.1, 0.15) is 6.73 Å². The maximum absolute atomic E-state index is 13.7. The summed E-state index contributed by atoms with van der Waals surface area (Å²) in [5.41, 5.74) is 4.56. The highest BCUT2D eigenvalue weighted by Crippen LogP contribution is 2.31. The van der Waals surface area contributed by atoms with Gasteiger partial charge in [-0.05, 0) is 53.0 Å². The Morgan fingerprint density at radius 3 is 2.84 bits per heavy atom. The van der Waals surface area contributed by atoms with Crippen molar-refractivity contribution in [2.45, 2.75) is 58.7 Å². The average Bonchev–Trinajstić information content (AvgIpc) is 3.12. The van der Waals surface area contributed by atoms with Crippen LogP contribution in [0.15, 0.2) is 29.0 Å². The Morgan fingerprint density at radius 2 is 2.09 bits per heavy atom. The molecular weight excluding hydrogens is 486 g/mol. The number of carbonyl (C=O) groups is 1. The van der Waals surface area contributed by atoms with Gasteiger partial charge in [-0.2, -0.15) is 0 Å². The van der Waals surface area contributed by atoms with Gasteiger partial charge >= 0.3 is 0 Å². The lowest BCUT2D eigenvalue weighted by Crippen LogP contribution is -2.40. The summed E-state index contributed by atoms with van der Waals surface area (Å²) >= 11 is 3.57. The average molecular weight is 517 g/mol. The molecule has 0 saturated carbocycles. The van der Waals surface area contributed by atoms with Gasteiger partial charge in [-0.1, -0.05) is 25.7 Å². The van der Waals surface area contributed by atoms with Gasteiger partial charge in [-0.25, -0.2) is 9.97 Å². The van der Waals surface area contributed by atoms with Crippen LogP contribution in [-0.4, -0.2) is 51.6 Å². The number of aromatic nitrogens is 4. The third kappa shape index (κ3) is 4.51. The molecule has 0 spiro atoms. The first-order valence-corrected chi connectivity index (χ1v) is 15.5. The molecule has 170 valence electrons. The minimum absolute atomic E-state index is 0.0678. The van der Waals surface area contributed by atoms with Gasteiger partial charge < -0.3 is 9.64 Å². The molecular formula is C23H30BrN5O2Si. The van der Waals surface area contributed by atoms with Gasteiger partial charge in [0.25, 0.3) is 5.91 Å². The van der Waals surface area contributed by atoms with E-state index in [0.29, 0.717) is 24.6 Å². The van der Waals surface area contributed by atoms with Crippen molar-refractivity contribution in [2.75, 3.05) is 13.2 Å². The molecule has 4 rings (SSSR count). The number of hydrogen-bond acceptors (Lipinski definition) is 5. The summed E-state index contributed by atoms with van der Waals surface area (Å²) in [4.78, 5) is 29.2. The van der Waals surface area contributed by atoms with Gasteiger partial charge in [0.15, 0.2) is 5.65 Å². The second kappa shape index (κ2) is 9.03. The summed E-state index contributed by atoms with van der Waals surface area (Å²) in [7, 11) is -1.21. The molecule has 9 heteroatoms. The van der Waals surface area contributed by atoms with Gasteiger partial charge in [0, 0.05) is 50.2 Å². The number of imidazole rings is 1. The van der Waals surface area contributed by atoms with Crippen LogP contribution in [0.25, 0.3) is 11.2 Å². The van der Waals surface area contributed by atoms with Crippen LogP contribution in [0, 0.1) is 6.92 Å². The lowest BCUT2D eigenvalue weighted by molar-refractivity contribution is 0.0606. The summed E-state index contributed by atoms with van der Waals surface area (Å²) in [5, 5.41) is 0. The zero-order chi connectivity index (χ0) is 23.0. The highest BCUT2D eigenvalue weighted by atomic mass is 79.9. The van der Waals surface area contributed by atoms with Gasteiger partial charge in [0.05, 0.1) is 11.6 Å². The van der Waals surface area contributed by atoms with Crippen molar-refractivity contribution in [3.8, 4) is 0 Å². The van der Waals surface area contributed by atoms with E-state index < -0.39 is 8.07 Å². The van der Waals surface area contributed by atoms with Crippen LogP contribution >= 0.6 is 15.9 Å². The molecule has 0 unspecified atom stereocenters. The maximum Gasteiger partial charge on any atom is 0.290 e. The number of rotatable bonds is 6. The van der Waals surface area contributed by atoms with E-state index in [4.69, 9.17) is 4.74 Å². The van der Waals surface area contributed by atoms with E-state index >= 15 is 0 Å². The smallest absolute Gasteiger partial charge is 0.290 e. The quantitative estimate of drug-likeness (QED) is 0.342. The fraction of sp³-hybridized carbons (Fsp3) is 0.478. The van der Waals surface area contributed by atoms with E-state index in [9.17, 15) is 4.79 Å². The van der Waals surface area contributed by atoms with Crippen molar-refractivity contribution in [3.05, 3.63) is 51.6 Å². The second-order valence-electron chi connectivity index (χ2n) is 9.58. The van der Waals surface area contributed by atoms with Crippen molar-refractivity contribution < 1.29 is 9.53 Å². The SMILES string of the molecule is Cc1c(Br)cnc2nc(C(=O)N3CCc4ncccc4[C@H]3C)n(COCC[Si](C)(C)C)c12. The Bertz CT molecular complexity index is 1160. The Balaban J connectivity index is 1.68. The molecule has 0 N–H and O–H groups in total. The first-order chi connectivity index (χ1) is 15.2. The first-order valence-electron chi connectivity index (χ1n) is 11.0. The monoisotopic (exact) mass is 515 g/mol. The van der Waals surface area contributed by atoms with Crippen molar-refractivity contribution >= 4 is 41.1 Å². The summed E-state index contributed by atoms with van der Waals surface area (Å²) in [5.74, 6) is 0.273. The Kier molecular flexibility index (Phi) is 6.51. The highest BCUT2D eigenvalue weighted by molar-refractivity contribution is 9.10. The summed E-state index contributed by atoms with van der Waals surface area (Å²) in [6.07, 6.45) is 4.29. The predicted molar refractivity (Wildman–Crippen MR) is 131 cm³/mol. The normalized spacial score (nSPS) is 16.4. The van der Waals surface area contributed by atoms with Crippen LogP contribution in [0.1, 0.15) is 40.4 Å². The van der Waals surface area contributed by atoms with Crippen molar-refractivity contribution in [3.63, 3.8) is 0 Å². The van der Waals surface area contributed by atoms with Crippen LogP contribution < -0.4 is 0 Å². The zero-order valence-corrected chi connectivity index (χ0v) is 21.9. The van der Waals surface area contributed by atoms with Crippen LogP contribution in [0.5, 0.6) is 0 Å². The standard InChI is InChI=1S/C23H30BrN5O2Si/c1-15-18(24)13-26-21-20(15)29(14-31-11-12-32(3,4)5)22(27-21)23(30)28-10-8-19-17(16(28)2)7-6-9-25-19/h6-7,9,13,16H,8,10-12,14H2,1-5H3/t16-/m1/s1. The number of fused-ring (bicyclic) bond motifs is 2. The third-order valence-corrected chi connectivity index (χ3v) is 8.57. The van der Waals surface area contributed by atoms with Crippen molar-refractivity contribution in [1.29, 1.82) is 0 Å². The van der Waals surface area contributed by atoms with Crippen molar-refractivity contribution in [2.24, 2.45) is 0 Å². The van der Waals surface area contributed by atoms with Crippen LogP contribution in [0.3, 0.4) is 0 Å². The summed E-state index contributed by atoms with van der Waals surface area (Å²) in [6, 6.07) is 4.98. The molecule has 32 heavy (non-hydrogen) atoms. The third-order valence-electron chi connectivity index (χ3n) is 6.06. The molecule has 3 aromatic rings. The molecule has 1 amide bonds. The topological polar surface area (TPSA) is 73.1 Å². The Morgan fingerprint density at radius 1 is 1.31 bits per heavy atom. The zero-order valence-electron chi connectivity index (χ0n) is 19.4. The van der Waals surface area contributed by atoms with E-state index in [0.717, 1.165) is 39.3 Å². The van der Waals surface area contributed by atoms with Crippen LogP contribution in [-0.2, 0) is 17.9 Å². The molecule has 0 fully saturated rings. The number of pyridine rings is 2. The van der Waals surface area contributed by atoms with E-state index in [-0.39, 0.29) is 18.7 Å². The predicted octanol–water partition coefficient (Wildman–Crippen LogP) is 4.97. The minimum atomic E-state index is -1.21. The van der Waals surface area contributed by atoms with E-state index in [2.05, 4.69) is 63.5 Å². The molecule has 1 aliphatic rings. The number of amides is 1. The first kappa shape index (κ1) is 23.1. The molecule has 1 aliphatic heterocycles. The molecule has 0 bridgehead atoms. The second-order valence-corrected chi connectivity index (χ2v) is 16.1. The highest BCUT2D eigenvalue weighted by Gasteiger charge is 2.32. The molecule has 0 aromatic carbocycles. The maximum atomic E-state index is 13.7. The lowest BCUT2D eigenvalue weighted by Gasteiger charge is -2.34. The fourth-order valence-corrected chi connectivity index (χ4v) is 5.13. The van der Waals surface area contributed by atoms with Crippen molar-refractivity contribution in [1.82, 2.24) is 24.4 Å². The number of nitrogens with zero attached hydrogens (tertiary/aromatic N) is 5. The fourth-order valence-electron chi connectivity index (χ4n) is 4.08. The Labute approximate surface area is 198 Å². The molecule has 4 heterocycles. The Hall–Kier alpha value is -2.10. The lowest BCUT2D eigenvalue weighted by atomic mass is 9.98. The molecule has 0 saturated heterocycles. The number of ether oxygens (including phenoxy) is 1. The molecule has 3 aromatic heterocycles. The number of carbonyl (C=O) groups excluding carboxylic acids is 1. The van der Waals surface area contributed by atoms with Gasteiger partial charge in [-0.3, -0.25) is 14.3 Å². The van der Waals surface area contributed by atoms with E-state index in [1.807, 2.05) is 28.7 Å². The minimum Gasteiger partial charge on any atom is -0.361 e. The summed E-state index contributed by atoms with van der Waals surface area (Å²) in [6.45, 7) is 12.6. The van der Waals surface area contributed by atoms with Gasteiger partial charge in [-0.15, -0.1) is 0 Å².